The van der Waals surface area contributed by atoms with E-state index in [9.17, 15) is 9.90 Å². The lowest BCUT2D eigenvalue weighted by Gasteiger charge is -2.58. The second kappa shape index (κ2) is 28.6. The van der Waals surface area contributed by atoms with Crippen LogP contribution in [0.1, 0.15) is 219 Å². The Labute approximate surface area is 445 Å². The topological polar surface area (TPSA) is 65.0 Å². The third kappa shape index (κ3) is 14.7. The number of ether oxygens (including phenoxy) is 3. The van der Waals surface area contributed by atoms with Gasteiger partial charge in [0.2, 0.25) is 0 Å². The van der Waals surface area contributed by atoms with Crippen molar-refractivity contribution >= 4 is 5.97 Å². The van der Waals surface area contributed by atoms with Gasteiger partial charge in [0, 0.05) is 6.61 Å². The maximum atomic E-state index is 13.5. The molecular formula is C68H100O5. The van der Waals surface area contributed by atoms with Crippen LogP contribution in [0.2, 0.25) is 0 Å². The van der Waals surface area contributed by atoms with Crippen molar-refractivity contribution in [3.8, 4) is 0 Å². The number of benzene rings is 3. The van der Waals surface area contributed by atoms with Gasteiger partial charge in [0.05, 0.1) is 12.7 Å². The summed E-state index contributed by atoms with van der Waals surface area (Å²) in [6, 6.07) is 31.2. The zero-order valence-electron chi connectivity index (χ0n) is 46.8. The normalized spacial score (nSPS) is 26.2. The molecule has 3 fully saturated rings. The summed E-state index contributed by atoms with van der Waals surface area (Å²) >= 11 is 0. The van der Waals surface area contributed by atoms with Crippen LogP contribution >= 0.6 is 0 Å². The summed E-state index contributed by atoms with van der Waals surface area (Å²) in [6.07, 6.45) is 36.1. The second-order valence-electron chi connectivity index (χ2n) is 24.5. The minimum Gasteiger partial charge on any atom is -0.479 e. The van der Waals surface area contributed by atoms with Gasteiger partial charge in [-0.1, -0.05) is 233 Å². The molecule has 7 rings (SSSR count). The van der Waals surface area contributed by atoms with E-state index in [0.717, 1.165) is 84.8 Å². The number of allylic oxidation sites excluding steroid dienone is 3. The summed E-state index contributed by atoms with van der Waals surface area (Å²) < 4.78 is 21.1. The molecule has 0 aliphatic heterocycles. The van der Waals surface area contributed by atoms with Crippen molar-refractivity contribution in [1.29, 1.82) is 0 Å². The number of rotatable bonds is 32. The molecule has 0 saturated heterocycles. The fourth-order valence-electron chi connectivity index (χ4n) is 15.1. The van der Waals surface area contributed by atoms with E-state index in [-0.39, 0.29) is 18.1 Å². The van der Waals surface area contributed by atoms with Gasteiger partial charge < -0.3 is 19.3 Å². The van der Waals surface area contributed by atoms with E-state index in [1.54, 1.807) is 5.57 Å². The van der Waals surface area contributed by atoms with E-state index in [2.05, 4.69) is 133 Å². The Bertz CT molecular complexity index is 2000. The lowest BCUT2D eigenvalue weighted by molar-refractivity contribution is -0.181. The largest absolute Gasteiger partial charge is 0.479 e. The molecule has 5 nitrogen and oxygen atoms in total. The van der Waals surface area contributed by atoms with Crippen LogP contribution in [0, 0.1) is 46.3 Å². The van der Waals surface area contributed by atoms with E-state index >= 15 is 0 Å². The van der Waals surface area contributed by atoms with Crippen molar-refractivity contribution in [3.63, 3.8) is 0 Å². The van der Waals surface area contributed by atoms with Gasteiger partial charge in [0.15, 0.2) is 6.10 Å². The number of hydrogen-bond acceptors (Lipinski definition) is 4. The van der Waals surface area contributed by atoms with Gasteiger partial charge in [0.25, 0.3) is 0 Å². The number of aliphatic carboxylic acids is 1. The number of unbranched alkanes of at least 4 members (excludes halogenated alkanes) is 12. The minimum atomic E-state index is -1.17. The van der Waals surface area contributed by atoms with Crippen molar-refractivity contribution in [1.82, 2.24) is 0 Å². The molecule has 0 aromatic heterocycles. The number of carbonyl (C=O) groups is 1. The zero-order valence-corrected chi connectivity index (χ0v) is 46.8. The Morgan fingerprint density at radius 1 is 0.685 bits per heavy atom. The summed E-state index contributed by atoms with van der Waals surface area (Å²) in [5.41, 5.74) is 4.10. The van der Waals surface area contributed by atoms with Gasteiger partial charge in [-0.25, -0.2) is 4.79 Å². The van der Waals surface area contributed by atoms with Crippen molar-refractivity contribution in [3.05, 3.63) is 131 Å². The highest BCUT2D eigenvalue weighted by Gasteiger charge is 2.59. The highest BCUT2D eigenvalue weighted by Crippen LogP contribution is 2.67. The van der Waals surface area contributed by atoms with Gasteiger partial charge in [0.1, 0.15) is 11.7 Å². The van der Waals surface area contributed by atoms with Crippen molar-refractivity contribution in [2.75, 3.05) is 13.2 Å². The zero-order chi connectivity index (χ0) is 51.5. The number of carboxylic acids is 1. The molecule has 1 N–H and O–H groups in total. The van der Waals surface area contributed by atoms with Gasteiger partial charge in [-0.3, -0.25) is 0 Å². The average molecular weight is 998 g/mol. The van der Waals surface area contributed by atoms with Gasteiger partial charge in [-0.15, -0.1) is 0 Å². The molecule has 0 heterocycles. The molecule has 4 aliphatic rings. The van der Waals surface area contributed by atoms with E-state index in [0.29, 0.717) is 17.9 Å². The minimum absolute atomic E-state index is 0.0535. The molecule has 402 valence electrons. The van der Waals surface area contributed by atoms with Crippen molar-refractivity contribution in [2.45, 2.75) is 226 Å². The SMILES string of the molecule is CCCCCCCC/C=C\CCCCCCCCOC(C(=O)O)C(COC(c1ccccc1)(c1ccccc1)c1ccccc1)OC1CC[C@@]2(C)C(=CCC3C2CC[C@@]2(C)C3CC[C@@H]2[C@H](C)CCCC(C)C)C1. The third-order valence-corrected chi connectivity index (χ3v) is 19.2. The molecule has 3 saturated carbocycles. The molecule has 10 atom stereocenters. The first kappa shape index (κ1) is 57.2. The van der Waals surface area contributed by atoms with Gasteiger partial charge >= 0.3 is 5.97 Å². The summed E-state index contributed by atoms with van der Waals surface area (Å²) in [5, 5.41) is 11.1. The Kier molecular flexibility index (Phi) is 22.4. The van der Waals surface area contributed by atoms with Crippen LogP contribution in [0.4, 0.5) is 0 Å². The summed E-state index contributed by atoms with van der Waals surface area (Å²) in [7, 11) is 0. The predicted octanol–water partition coefficient (Wildman–Crippen LogP) is 18.3. The fourth-order valence-corrected chi connectivity index (χ4v) is 15.1. The molecule has 3 aromatic carbocycles. The molecule has 0 amide bonds. The third-order valence-electron chi connectivity index (χ3n) is 19.2. The van der Waals surface area contributed by atoms with Crippen LogP contribution in [0.25, 0.3) is 0 Å². The Morgan fingerprint density at radius 2 is 1.26 bits per heavy atom. The van der Waals surface area contributed by atoms with Crippen molar-refractivity contribution < 1.29 is 24.1 Å². The van der Waals surface area contributed by atoms with E-state index in [4.69, 9.17) is 14.2 Å². The predicted molar refractivity (Wildman–Crippen MR) is 304 cm³/mol. The van der Waals surface area contributed by atoms with Gasteiger partial charge in [-0.2, -0.15) is 0 Å². The van der Waals surface area contributed by atoms with Crippen LogP contribution in [0.15, 0.2) is 115 Å². The van der Waals surface area contributed by atoms with E-state index in [1.165, 1.54) is 122 Å². The Balaban J connectivity index is 1.03. The number of fused-ring (bicyclic) bond motifs is 5. The highest BCUT2D eigenvalue weighted by molar-refractivity contribution is 5.73. The lowest BCUT2D eigenvalue weighted by Crippen LogP contribution is -2.52. The first-order chi connectivity index (χ1) is 35.5. The molecule has 0 spiro atoms. The van der Waals surface area contributed by atoms with Crippen LogP contribution in [-0.2, 0) is 24.6 Å². The van der Waals surface area contributed by atoms with E-state index in [1.807, 2.05) is 18.2 Å². The van der Waals surface area contributed by atoms with Crippen LogP contribution in [-0.4, -0.2) is 42.6 Å². The molecule has 5 heteroatoms. The standard InChI is InChI=1S/C68H100O5/c1-7-8-9-10-11-12-13-14-15-16-17-18-19-20-21-31-49-71-64(65(69)70)63(51-72-68(54-35-25-22-26-36-54,55-37-27-23-28-38-55)56-39-29-24-30-40-56)73-58-45-47-66(5)57(50-58)41-42-59-61-44-43-60(53(4)34-32-33-52(2)3)67(61,6)48-46-62(59)66/h14-15,22-30,35-41,52-53,58-64H,7-13,16-21,31-34,42-51H2,1-6H3,(H,69,70)/b15-14-/t53-,58?,59?,60-,61?,62?,63?,64?,66+,67-/m1/s1. The highest BCUT2D eigenvalue weighted by atomic mass is 16.6. The number of hydrogen-bond donors (Lipinski definition) is 1. The summed E-state index contributed by atoms with van der Waals surface area (Å²) in [4.78, 5) is 13.5. The molecule has 73 heavy (non-hydrogen) atoms. The quantitative estimate of drug-likeness (QED) is 0.0384. The fraction of sp³-hybridized carbons (Fsp3) is 0.662. The molecule has 6 unspecified atom stereocenters. The first-order valence-corrected chi connectivity index (χ1v) is 30.2. The first-order valence-electron chi connectivity index (χ1n) is 30.2. The monoisotopic (exact) mass is 997 g/mol. The maximum absolute atomic E-state index is 13.5. The summed E-state index contributed by atoms with van der Waals surface area (Å²) in [6.45, 7) is 15.3. The Morgan fingerprint density at radius 3 is 1.84 bits per heavy atom. The lowest BCUT2D eigenvalue weighted by atomic mass is 9.47. The molecule has 0 radical (unpaired) electrons. The second-order valence-corrected chi connectivity index (χ2v) is 24.5. The molecule has 4 aliphatic carbocycles. The maximum Gasteiger partial charge on any atom is 0.335 e. The smallest absolute Gasteiger partial charge is 0.335 e. The molecule has 0 bridgehead atoms. The summed E-state index contributed by atoms with van der Waals surface area (Å²) in [5.74, 6) is 3.74. The molecule has 3 aromatic rings. The van der Waals surface area contributed by atoms with Crippen LogP contribution in [0.5, 0.6) is 0 Å². The van der Waals surface area contributed by atoms with Crippen LogP contribution in [0.3, 0.4) is 0 Å². The van der Waals surface area contributed by atoms with Gasteiger partial charge in [-0.05, 0) is 146 Å². The molecular weight excluding hydrogens is 897 g/mol. The van der Waals surface area contributed by atoms with Crippen LogP contribution < -0.4 is 0 Å². The Hall–Kier alpha value is -3.51. The van der Waals surface area contributed by atoms with Crippen molar-refractivity contribution in [2.24, 2.45) is 46.3 Å². The van der Waals surface area contributed by atoms with E-state index < -0.39 is 23.8 Å². The number of carboxylic acid groups (broad SMARTS) is 1. The average Bonchev–Trinajstić information content (AvgIpc) is 3.76.